The number of alkyl halides is 1. The summed E-state index contributed by atoms with van der Waals surface area (Å²) in [6.07, 6.45) is 0. The van der Waals surface area contributed by atoms with Crippen LogP contribution in [-0.2, 0) is 5.33 Å². The molecule has 0 aromatic heterocycles. The molecule has 1 aromatic carbocycles. The summed E-state index contributed by atoms with van der Waals surface area (Å²) in [7, 11) is 1.52. The quantitative estimate of drug-likeness (QED) is 0.457. The minimum atomic E-state index is -0.418. The summed E-state index contributed by atoms with van der Waals surface area (Å²) in [5.41, 5.74) is 0.597. The van der Waals surface area contributed by atoms with Crippen LogP contribution in [0, 0.1) is 16.0 Å². The lowest BCUT2D eigenvalue weighted by molar-refractivity contribution is -0.385. The van der Waals surface area contributed by atoms with Gasteiger partial charge in [-0.05, 0) is 12.0 Å². The largest absolute Gasteiger partial charge is 0.493 e. The van der Waals surface area contributed by atoms with Crippen LogP contribution in [0.4, 0.5) is 5.69 Å². The normalized spacial score (nSPS) is 10.5. The first-order valence-corrected chi connectivity index (χ1v) is 6.65. The molecule has 0 aliphatic heterocycles. The van der Waals surface area contributed by atoms with Crippen LogP contribution in [0.1, 0.15) is 19.4 Å². The van der Waals surface area contributed by atoms with Crippen molar-refractivity contribution < 1.29 is 14.4 Å². The highest BCUT2D eigenvalue weighted by Gasteiger charge is 2.19. The van der Waals surface area contributed by atoms with Crippen molar-refractivity contribution in [2.45, 2.75) is 19.2 Å². The van der Waals surface area contributed by atoms with E-state index < -0.39 is 4.92 Å². The molecule has 0 aliphatic rings. The van der Waals surface area contributed by atoms with Gasteiger partial charge in [0.25, 0.3) is 5.69 Å². The Labute approximate surface area is 114 Å². The average molecular weight is 318 g/mol. The lowest BCUT2D eigenvalue weighted by Crippen LogP contribution is -2.06. The smallest absolute Gasteiger partial charge is 0.277 e. The zero-order chi connectivity index (χ0) is 13.7. The zero-order valence-electron chi connectivity index (χ0n) is 10.6. The number of halogens is 1. The minimum absolute atomic E-state index is 0.0337. The first kappa shape index (κ1) is 14.8. The molecule has 1 aromatic rings. The van der Waals surface area contributed by atoms with E-state index in [1.807, 2.05) is 13.8 Å². The molecule has 6 heteroatoms. The Bertz CT molecular complexity index is 434. The highest BCUT2D eigenvalue weighted by atomic mass is 79.9. The molecule has 0 N–H and O–H groups in total. The number of ether oxygens (including phenoxy) is 2. The van der Waals surface area contributed by atoms with Crippen LogP contribution in [0.5, 0.6) is 11.5 Å². The number of methoxy groups -OCH3 is 1. The highest BCUT2D eigenvalue weighted by Crippen LogP contribution is 2.35. The van der Waals surface area contributed by atoms with Gasteiger partial charge in [0.1, 0.15) is 0 Å². The molecule has 0 unspecified atom stereocenters. The predicted octanol–water partition coefficient (Wildman–Crippen LogP) is 3.53. The fraction of sp³-hybridized carbons (Fsp3) is 0.500. The summed E-state index contributed by atoms with van der Waals surface area (Å²) in [6.45, 7) is 4.50. The third-order valence-electron chi connectivity index (χ3n) is 2.28. The minimum Gasteiger partial charge on any atom is -0.493 e. The third kappa shape index (κ3) is 3.60. The highest BCUT2D eigenvalue weighted by molar-refractivity contribution is 9.08. The van der Waals surface area contributed by atoms with E-state index in [2.05, 4.69) is 15.9 Å². The summed E-state index contributed by atoms with van der Waals surface area (Å²) in [5, 5.41) is 11.4. The summed E-state index contributed by atoms with van der Waals surface area (Å²) in [4.78, 5) is 10.5. The molecule has 1 rings (SSSR count). The van der Waals surface area contributed by atoms with Crippen molar-refractivity contribution in [3.63, 3.8) is 0 Å². The van der Waals surface area contributed by atoms with Crippen molar-refractivity contribution >= 4 is 21.6 Å². The molecule has 0 radical (unpaired) electrons. The van der Waals surface area contributed by atoms with Crippen molar-refractivity contribution in [2.24, 2.45) is 5.92 Å². The van der Waals surface area contributed by atoms with E-state index in [1.165, 1.54) is 13.2 Å². The van der Waals surface area contributed by atoms with E-state index in [4.69, 9.17) is 9.47 Å². The van der Waals surface area contributed by atoms with Gasteiger partial charge < -0.3 is 9.47 Å². The van der Waals surface area contributed by atoms with Crippen molar-refractivity contribution in [3.05, 3.63) is 27.8 Å². The molecule has 0 saturated heterocycles. The maximum Gasteiger partial charge on any atom is 0.277 e. The number of nitro groups is 1. The Morgan fingerprint density at radius 1 is 1.39 bits per heavy atom. The van der Waals surface area contributed by atoms with Crippen LogP contribution in [0.25, 0.3) is 0 Å². The van der Waals surface area contributed by atoms with Crippen molar-refractivity contribution in [3.8, 4) is 11.5 Å². The summed E-state index contributed by atoms with van der Waals surface area (Å²) in [6, 6.07) is 3.04. The van der Waals surface area contributed by atoms with Gasteiger partial charge >= 0.3 is 0 Å². The maximum atomic E-state index is 11.0. The number of rotatable bonds is 6. The molecule has 0 amide bonds. The fourth-order valence-electron chi connectivity index (χ4n) is 1.40. The summed E-state index contributed by atoms with van der Waals surface area (Å²) in [5.74, 6) is 1.25. The molecule has 18 heavy (non-hydrogen) atoms. The van der Waals surface area contributed by atoms with Crippen LogP contribution in [0.15, 0.2) is 12.1 Å². The van der Waals surface area contributed by atoms with Gasteiger partial charge in [-0.3, -0.25) is 10.1 Å². The Morgan fingerprint density at radius 3 is 2.50 bits per heavy atom. The van der Waals surface area contributed by atoms with E-state index in [9.17, 15) is 10.1 Å². The van der Waals surface area contributed by atoms with E-state index >= 15 is 0 Å². The third-order valence-corrected chi connectivity index (χ3v) is 2.88. The van der Waals surface area contributed by atoms with Crippen LogP contribution in [0.3, 0.4) is 0 Å². The second-order valence-corrected chi connectivity index (χ2v) is 4.79. The molecule has 0 fully saturated rings. The zero-order valence-corrected chi connectivity index (χ0v) is 12.2. The molecule has 0 bridgehead atoms. The number of nitrogens with zero attached hydrogens (tertiary/aromatic N) is 1. The molecule has 0 atom stereocenters. The van der Waals surface area contributed by atoms with E-state index in [-0.39, 0.29) is 5.69 Å². The van der Waals surface area contributed by atoms with E-state index in [0.717, 1.165) is 0 Å². The van der Waals surface area contributed by atoms with Crippen molar-refractivity contribution in [1.29, 1.82) is 0 Å². The number of benzene rings is 1. The maximum absolute atomic E-state index is 11.0. The van der Waals surface area contributed by atoms with Gasteiger partial charge in [0.05, 0.1) is 24.7 Å². The first-order chi connectivity index (χ1) is 8.49. The Kier molecular flexibility index (Phi) is 5.40. The van der Waals surface area contributed by atoms with Crippen molar-refractivity contribution in [2.75, 3.05) is 13.7 Å². The Balaban J connectivity index is 3.14. The molecule has 0 spiro atoms. The number of hydrogen-bond acceptors (Lipinski definition) is 4. The molecular formula is C12H16BrNO4. The second kappa shape index (κ2) is 6.58. The standard InChI is InChI=1S/C12H16BrNO4/c1-8(2)7-18-12-5-10(14(15)16)9(6-13)4-11(12)17-3/h4-5,8H,6-7H2,1-3H3. The number of hydrogen-bond donors (Lipinski definition) is 0. The van der Waals surface area contributed by atoms with E-state index in [0.29, 0.717) is 34.9 Å². The van der Waals surface area contributed by atoms with Gasteiger partial charge in [0, 0.05) is 10.9 Å². The lowest BCUT2D eigenvalue weighted by Gasteiger charge is -2.13. The molecule has 0 aliphatic carbocycles. The van der Waals surface area contributed by atoms with Crippen LogP contribution < -0.4 is 9.47 Å². The van der Waals surface area contributed by atoms with E-state index in [1.54, 1.807) is 6.07 Å². The molecule has 0 heterocycles. The SMILES string of the molecule is COc1cc(CBr)c([N+](=O)[O-])cc1OCC(C)C. The van der Waals surface area contributed by atoms with Crippen LogP contribution >= 0.6 is 15.9 Å². The molecule has 0 saturated carbocycles. The lowest BCUT2D eigenvalue weighted by atomic mass is 10.1. The Morgan fingerprint density at radius 2 is 2.06 bits per heavy atom. The second-order valence-electron chi connectivity index (χ2n) is 4.23. The van der Waals surface area contributed by atoms with Gasteiger partial charge in [0.15, 0.2) is 11.5 Å². The first-order valence-electron chi connectivity index (χ1n) is 5.53. The molecule has 5 nitrogen and oxygen atoms in total. The average Bonchev–Trinajstić information content (AvgIpc) is 2.34. The predicted molar refractivity (Wildman–Crippen MR) is 72.6 cm³/mol. The van der Waals surface area contributed by atoms with Gasteiger partial charge in [0.2, 0.25) is 0 Å². The topological polar surface area (TPSA) is 61.6 Å². The van der Waals surface area contributed by atoms with Crippen LogP contribution in [-0.4, -0.2) is 18.6 Å². The van der Waals surface area contributed by atoms with Gasteiger partial charge in [-0.25, -0.2) is 0 Å². The Hall–Kier alpha value is -1.30. The number of nitro benzene ring substituents is 1. The molecule has 100 valence electrons. The summed E-state index contributed by atoms with van der Waals surface area (Å²) < 4.78 is 10.7. The monoisotopic (exact) mass is 317 g/mol. The fourth-order valence-corrected chi connectivity index (χ4v) is 1.85. The van der Waals surface area contributed by atoms with Gasteiger partial charge in [-0.2, -0.15) is 0 Å². The summed E-state index contributed by atoms with van der Waals surface area (Å²) >= 11 is 3.23. The van der Waals surface area contributed by atoms with Gasteiger partial charge in [-0.15, -0.1) is 0 Å². The van der Waals surface area contributed by atoms with Crippen LogP contribution in [0.2, 0.25) is 0 Å². The van der Waals surface area contributed by atoms with Gasteiger partial charge in [-0.1, -0.05) is 29.8 Å². The van der Waals surface area contributed by atoms with Crippen molar-refractivity contribution in [1.82, 2.24) is 0 Å². The molecular weight excluding hydrogens is 302 g/mol.